The van der Waals surface area contributed by atoms with E-state index >= 15 is 0 Å². The van der Waals surface area contributed by atoms with E-state index in [9.17, 15) is 4.79 Å². The number of carbonyl (C=O) groups excluding carboxylic acids is 1. The Morgan fingerprint density at radius 1 is 1.67 bits per heavy atom. The Morgan fingerprint density at radius 3 is 2.93 bits per heavy atom. The largest absolute Gasteiger partial charge is 0.469 e. The van der Waals surface area contributed by atoms with Crippen LogP contribution < -0.4 is 5.73 Å². The van der Waals surface area contributed by atoms with Crippen LogP contribution in [0.2, 0.25) is 0 Å². The summed E-state index contributed by atoms with van der Waals surface area (Å²) in [6.45, 7) is 2.42. The van der Waals surface area contributed by atoms with E-state index in [1.807, 2.05) is 19.1 Å². The normalized spacial score (nSPS) is 12.5. The molecule has 1 atom stereocenters. The number of aryl methyl sites for hydroxylation is 1. The van der Waals surface area contributed by atoms with Gasteiger partial charge in [0.15, 0.2) is 0 Å². The lowest BCUT2D eigenvalue weighted by atomic mass is 10.2. The topological polar surface area (TPSA) is 59.5 Å². The number of hydrogen-bond donors (Lipinski definition) is 1. The first kappa shape index (κ1) is 11.8. The van der Waals surface area contributed by atoms with E-state index in [2.05, 4.69) is 0 Å². The fraction of sp³-hybridized carbons (Fsp3) is 0.545. The fourth-order valence-corrected chi connectivity index (χ4v) is 1.27. The van der Waals surface area contributed by atoms with Gasteiger partial charge in [0.25, 0.3) is 0 Å². The number of furan rings is 1. The molecule has 1 rings (SSSR count). The Balaban J connectivity index is 2.36. The molecule has 0 spiro atoms. The summed E-state index contributed by atoms with van der Waals surface area (Å²) in [5, 5.41) is 0. The lowest BCUT2D eigenvalue weighted by molar-refractivity contribution is -0.131. The minimum atomic E-state index is 0.0918. The van der Waals surface area contributed by atoms with Crippen molar-refractivity contribution in [2.45, 2.75) is 25.8 Å². The van der Waals surface area contributed by atoms with Crippen molar-refractivity contribution >= 4 is 5.91 Å². The number of amides is 1. The number of hydrogen-bond acceptors (Lipinski definition) is 3. The van der Waals surface area contributed by atoms with E-state index < -0.39 is 0 Å². The summed E-state index contributed by atoms with van der Waals surface area (Å²) in [6.07, 6.45) is 2.73. The van der Waals surface area contributed by atoms with Gasteiger partial charge in [-0.2, -0.15) is 0 Å². The van der Waals surface area contributed by atoms with Gasteiger partial charge in [-0.3, -0.25) is 4.79 Å². The van der Waals surface area contributed by atoms with Crippen LogP contribution in [0.3, 0.4) is 0 Å². The SMILES string of the molecule is CC(CN)N(C)C(=O)CCc1ccco1. The highest BCUT2D eigenvalue weighted by atomic mass is 16.3. The van der Waals surface area contributed by atoms with E-state index in [-0.39, 0.29) is 11.9 Å². The van der Waals surface area contributed by atoms with Crippen LogP contribution in [0, 0.1) is 0 Å². The smallest absolute Gasteiger partial charge is 0.223 e. The summed E-state index contributed by atoms with van der Waals surface area (Å²) in [5.74, 6) is 0.946. The second kappa shape index (κ2) is 5.56. The van der Waals surface area contributed by atoms with Gasteiger partial charge in [0, 0.05) is 32.5 Å². The minimum Gasteiger partial charge on any atom is -0.469 e. The number of carbonyl (C=O) groups is 1. The van der Waals surface area contributed by atoms with Crippen molar-refractivity contribution in [1.29, 1.82) is 0 Å². The molecule has 0 fully saturated rings. The summed E-state index contributed by atoms with van der Waals surface area (Å²) < 4.78 is 5.16. The van der Waals surface area contributed by atoms with E-state index in [0.717, 1.165) is 5.76 Å². The van der Waals surface area contributed by atoms with Crippen LogP contribution in [0.1, 0.15) is 19.1 Å². The van der Waals surface area contributed by atoms with Crippen LogP contribution in [0.25, 0.3) is 0 Å². The zero-order valence-electron chi connectivity index (χ0n) is 9.27. The quantitative estimate of drug-likeness (QED) is 0.789. The van der Waals surface area contributed by atoms with Crippen molar-refractivity contribution in [1.82, 2.24) is 4.90 Å². The van der Waals surface area contributed by atoms with Gasteiger partial charge in [0.05, 0.1) is 6.26 Å². The Bertz CT molecular complexity index is 296. The Labute approximate surface area is 90.0 Å². The van der Waals surface area contributed by atoms with Crippen molar-refractivity contribution in [3.8, 4) is 0 Å². The zero-order chi connectivity index (χ0) is 11.3. The second-order valence-corrected chi connectivity index (χ2v) is 3.67. The van der Waals surface area contributed by atoms with E-state index in [1.54, 1.807) is 18.2 Å². The standard InChI is InChI=1S/C11H18N2O2/c1-9(8-12)13(2)11(14)6-5-10-4-3-7-15-10/h3-4,7,9H,5-6,8,12H2,1-2H3. The van der Waals surface area contributed by atoms with Gasteiger partial charge < -0.3 is 15.1 Å². The summed E-state index contributed by atoms with van der Waals surface area (Å²) in [7, 11) is 1.78. The van der Waals surface area contributed by atoms with Crippen LogP contribution in [0.5, 0.6) is 0 Å². The third-order valence-corrected chi connectivity index (χ3v) is 2.56. The molecule has 0 bridgehead atoms. The molecule has 0 aromatic carbocycles. The average molecular weight is 210 g/mol. The molecule has 1 aromatic rings. The lowest BCUT2D eigenvalue weighted by Gasteiger charge is -2.23. The summed E-state index contributed by atoms with van der Waals surface area (Å²) >= 11 is 0. The van der Waals surface area contributed by atoms with Crippen LogP contribution >= 0.6 is 0 Å². The minimum absolute atomic E-state index is 0.0918. The molecule has 0 aliphatic rings. The van der Waals surface area contributed by atoms with Gasteiger partial charge in [-0.15, -0.1) is 0 Å². The Morgan fingerprint density at radius 2 is 2.40 bits per heavy atom. The van der Waals surface area contributed by atoms with Crippen LogP contribution in [0.4, 0.5) is 0 Å². The van der Waals surface area contributed by atoms with Gasteiger partial charge in [0.2, 0.25) is 5.91 Å². The number of nitrogens with two attached hydrogens (primary N) is 1. The van der Waals surface area contributed by atoms with Crippen molar-refractivity contribution in [3.05, 3.63) is 24.2 Å². The molecule has 1 unspecified atom stereocenters. The van der Waals surface area contributed by atoms with Gasteiger partial charge in [-0.1, -0.05) is 0 Å². The molecule has 0 saturated carbocycles. The molecule has 4 heteroatoms. The van der Waals surface area contributed by atoms with Gasteiger partial charge in [-0.05, 0) is 19.1 Å². The van der Waals surface area contributed by atoms with Gasteiger partial charge in [-0.25, -0.2) is 0 Å². The molecule has 0 aliphatic carbocycles. The van der Waals surface area contributed by atoms with Gasteiger partial charge in [0.1, 0.15) is 5.76 Å². The maximum Gasteiger partial charge on any atom is 0.223 e. The Kier molecular flexibility index (Phi) is 4.37. The average Bonchev–Trinajstić information content (AvgIpc) is 2.76. The molecule has 0 radical (unpaired) electrons. The third-order valence-electron chi connectivity index (χ3n) is 2.56. The van der Waals surface area contributed by atoms with E-state index in [0.29, 0.717) is 19.4 Å². The molecule has 1 aromatic heterocycles. The van der Waals surface area contributed by atoms with Crippen molar-refractivity contribution < 1.29 is 9.21 Å². The van der Waals surface area contributed by atoms with Crippen LogP contribution in [-0.2, 0) is 11.2 Å². The van der Waals surface area contributed by atoms with Crippen LogP contribution in [0.15, 0.2) is 22.8 Å². The molecule has 1 amide bonds. The Hall–Kier alpha value is -1.29. The van der Waals surface area contributed by atoms with E-state index in [1.165, 1.54) is 0 Å². The molecule has 15 heavy (non-hydrogen) atoms. The molecular formula is C11H18N2O2. The maximum atomic E-state index is 11.7. The maximum absolute atomic E-state index is 11.7. The van der Waals surface area contributed by atoms with Crippen molar-refractivity contribution in [3.63, 3.8) is 0 Å². The molecule has 2 N–H and O–H groups in total. The molecule has 4 nitrogen and oxygen atoms in total. The number of nitrogens with zero attached hydrogens (tertiary/aromatic N) is 1. The molecule has 0 saturated heterocycles. The number of likely N-dealkylation sites (N-methyl/N-ethyl adjacent to an activating group) is 1. The molecule has 1 heterocycles. The lowest BCUT2D eigenvalue weighted by Crippen LogP contribution is -2.39. The van der Waals surface area contributed by atoms with E-state index in [4.69, 9.17) is 10.2 Å². The summed E-state index contributed by atoms with van der Waals surface area (Å²) in [5.41, 5.74) is 5.49. The molecule has 84 valence electrons. The highest BCUT2D eigenvalue weighted by Crippen LogP contribution is 2.06. The molecule has 0 aliphatic heterocycles. The number of rotatable bonds is 5. The van der Waals surface area contributed by atoms with Crippen LogP contribution in [-0.4, -0.2) is 30.4 Å². The predicted octanol–water partition coefficient (Wildman–Crippen LogP) is 1.02. The first-order chi connectivity index (χ1) is 7.15. The zero-order valence-corrected chi connectivity index (χ0v) is 9.27. The van der Waals surface area contributed by atoms with Crippen molar-refractivity contribution in [2.75, 3.05) is 13.6 Å². The first-order valence-electron chi connectivity index (χ1n) is 5.13. The summed E-state index contributed by atoms with van der Waals surface area (Å²) in [6, 6.07) is 3.79. The van der Waals surface area contributed by atoms with Crippen molar-refractivity contribution in [2.24, 2.45) is 5.73 Å². The van der Waals surface area contributed by atoms with Gasteiger partial charge >= 0.3 is 0 Å². The third kappa shape index (κ3) is 3.40. The highest BCUT2D eigenvalue weighted by Gasteiger charge is 2.14. The second-order valence-electron chi connectivity index (χ2n) is 3.67. The summed E-state index contributed by atoms with van der Waals surface area (Å²) in [4.78, 5) is 13.4. The molecular weight excluding hydrogens is 192 g/mol. The predicted molar refractivity (Wildman–Crippen MR) is 58.3 cm³/mol. The highest BCUT2D eigenvalue weighted by molar-refractivity contribution is 5.76. The first-order valence-corrected chi connectivity index (χ1v) is 5.13. The monoisotopic (exact) mass is 210 g/mol. The fourth-order valence-electron chi connectivity index (χ4n) is 1.27.